The van der Waals surface area contributed by atoms with Crippen molar-refractivity contribution in [3.8, 4) is 16.9 Å². The smallest absolute Gasteiger partial charge is 0.223 e. The Morgan fingerprint density at radius 3 is 2.29 bits per heavy atom. The van der Waals surface area contributed by atoms with Crippen LogP contribution in [-0.4, -0.2) is 19.0 Å². The summed E-state index contributed by atoms with van der Waals surface area (Å²) >= 11 is 0. The van der Waals surface area contributed by atoms with Gasteiger partial charge in [-0.15, -0.1) is 0 Å². The van der Waals surface area contributed by atoms with Crippen LogP contribution in [0.2, 0.25) is 0 Å². The van der Waals surface area contributed by atoms with Crippen LogP contribution in [-0.2, 0) is 0 Å². The summed E-state index contributed by atoms with van der Waals surface area (Å²) in [6, 6.07) is 15.3. The summed E-state index contributed by atoms with van der Waals surface area (Å²) in [6.07, 6.45) is 0. The van der Waals surface area contributed by atoms with E-state index in [-0.39, 0.29) is 11.9 Å². The molecule has 0 bridgehead atoms. The van der Waals surface area contributed by atoms with Crippen LogP contribution in [0.5, 0.6) is 5.75 Å². The van der Waals surface area contributed by atoms with Gasteiger partial charge in [0, 0.05) is 0 Å². The molecule has 0 saturated heterocycles. The largest absolute Gasteiger partial charge is 0.497 e. The molecule has 0 aromatic heterocycles. The fraction of sp³-hybridized carbons (Fsp3) is 0.0667. The molecule has 108 valence electrons. The molecular weight excluding hydrogens is 266 g/mol. The Morgan fingerprint density at radius 2 is 1.62 bits per heavy atom. The number of benzene rings is 2. The lowest BCUT2D eigenvalue weighted by Crippen LogP contribution is -2.26. The van der Waals surface area contributed by atoms with Crippen LogP contribution in [0.25, 0.3) is 11.1 Å². The molecule has 0 heterocycles. The molecule has 6 N–H and O–H groups in total. The first-order valence-corrected chi connectivity index (χ1v) is 6.27. The second kappa shape index (κ2) is 6.42. The first-order valence-electron chi connectivity index (χ1n) is 6.27. The SMILES string of the molecule is COc1cccc(-c2cccc(N=C(N)N=C(N)N)c2)c1. The average molecular weight is 283 g/mol. The van der Waals surface area contributed by atoms with Gasteiger partial charge in [0.15, 0.2) is 5.96 Å². The van der Waals surface area contributed by atoms with E-state index < -0.39 is 0 Å². The molecule has 0 saturated carbocycles. The monoisotopic (exact) mass is 283 g/mol. The summed E-state index contributed by atoms with van der Waals surface area (Å²) in [5.74, 6) is 0.680. The first-order chi connectivity index (χ1) is 10.1. The Labute approximate surface area is 123 Å². The molecule has 21 heavy (non-hydrogen) atoms. The first kappa shape index (κ1) is 14.4. The third-order valence-electron chi connectivity index (χ3n) is 2.74. The number of ether oxygens (including phenoxy) is 1. The fourth-order valence-corrected chi connectivity index (χ4v) is 1.85. The van der Waals surface area contributed by atoms with Crippen molar-refractivity contribution in [2.75, 3.05) is 7.11 Å². The maximum Gasteiger partial charge on any atom is 0.223 e. The van der Waals surface area contributed by atoms with E-state index in [2.05, 4.69) is 9.98 Å². The van der Waals surface area contributed by atoms with E-state index in [0.717, 1.165) is 16.9 Å². The Kier molecular flexibility index (Phi) is 4.40. The molecule has 2 aromatic carbocycles. The quantitative estimate of drug-likeness (QED) is 0.586. The number of hydrogen-bond donors (Lipinski definition) is 3. The van der Waals surface area contributed by atoms with Gasteiger partial charge < -0.3 is 21.9 Å². The van der Waals surface area contributed by atoms with Crippen LogP contribution in [0.3, 0.4) is 0 Å². The van der Waals surface area contributed by atoms with Gasteiger partial charge in [-0.1, -0.05) is 24.3 Å². The molecule has 0 atom stereocenters. The van der Waals surface area contributed by atoms with Crippen LogP contribution < -0.4 is 21.9 Å². The van der Waals surface area contributed by atoms with Crippen LogP contribution >= 0.6 is 0 Å². The van der Waals surface area contributed by atoms with Gasteiger partial charge in [-0.2, -0.15) is 4.99 Å². The molecule has 6 heteroatoms. The summed E-state index contributed by atoms with van der Waals surface area (Å²) in [7, 11) is 1.63. The zero-order chi connectivity index (χ0) is 15.2. The predicted octanol–water partition coefficient (Wildman–Crippen LogP) is 1.58. The number of hydrogen-bond acceptors (Lipinski definition) is 2. The van der Waals surface area contributed by atoms with Crippen molar-refractivity contribution in [3.63, 3.8) is 0 Å². The van der Waals surface area contributed by atoms with Crippen molar-refractivity contribution < 1.29 is 4.74 Å². The summed E-state index contributed by atoms with van der Waals surface area (Å²) in [4.78, 5) is 7.83. The van der Waals surface area contributed by atoms with E-state index >= 15 is 0 Å². The molecule has 0 fully saturated rings. The Morgan fingerprint density at radius 1 is 0.952 bits per heavy atom. The van der Waals surface area contributed by atoms with Crippen molar-refractivity contribution in [2.24, 2.45) is 27.2 Å². The topological polar surface area (TPSA) is 112 Å². The molecular formula is C15H17N5O. The number of methoxy groups -OCH3 is 1. The van der Waals surface area contributed by atoms with Crippen molar-refractivity contribution in [1.29, 1.82) is 0 Å². The Bertz CT molecular complexity index is 690. The molecule has 0 radical (unpaired) electrons. The van der Waals surface area contributed by atoms with Crippen molar-refractivity contribution in [2.45, 2.75) is 0 Å². The van der Waals surface area contributed by atoms with Gasteiger partial charge in [0.1, 0.15) is 5.75 Å². The second-order valence-electron chi connectivity index (χ2n) is 4.29. The van der Waals surface area contributed by atoms with Gasteiger partial charge in [-0.3, -0.25) is 0 Å². The minimum atomic E-state index is -0.125. The Hall–Kier alpha value is -3.02. The highest BCUT2D eigenvalue weighted by atomic mass is 16.5. The van der Waals surface area contributed by atoms with E-state index in [1.165, 1.54) is 0 Å². The van der Waals surface area contributed by atoms with Crippen LogP contribution in [0.4, 0.5) is 5.69 Å². The number of nitrogens with two attached hydrogens (primary N) is 3. The standard InChI is InChI=1S/C15H17N5O/c1-21-13-7-3-5-11(9-13)10-4-2-6-12(8-10)19-15(18)20-14(16)17/h2-9H,1H3,(H6,16,17,18,19,20). The van der Waals surface area contributed by atoms with E-state index in [4.69, 9.17) is 21.9 Å². The number of guanidine groups is 2. The average Bonchev–Trinajstić information content (AvgIpc) is 2.46. The molecule has 2 aromatic rings. The highest BCUT2D eigenvalue weighted by Gasteiger charge is 2.01. The fourth-order valence-electron chi connectivity index (χ4n) is 1.85. The lowest BCUT2D eigenvalue weighted by atomic mass is 10.1. The minimum absolute atomic E-state index is 0.0118. The molecule has 2 rings (SSSR count). The molecule has 0 aliphatic carbocycles. The lowest BCUT2D eigenvalue weighted by molar-refractivity contribution is 0.415. The van der Waals surface area contributed by atoms with Crippen molar-refractivity contribution in [1.82, 2.24) is 0 Å². The highest BCUT2D eigenvalue weighted by Crippen LogP contribution is 2.26. The number of nitrogens with zero attached hydrogens (tertiary/aromatic N) is 2. The second-order valence-corrected chi connectivity index (χ2v) is 4.29. The summed E-state index contributed by atoms with van der Waals surface area (Å²) < 4.78 is 5.22. The summed E-state index contributed by atoms with van der Waals surface area (Å²) in [5.41, 5.74) is 18.8. The van der Waals surface area contributed by atoms with E-state index in [9.17, 15) is 0 Å². The van der Waals surface area contributed by atoms with Gasteiger partial charge in [0.2, 0.25) is 5.96 Å². The molecule has 0 spiro atoms. The van der Waals surface area contributed by atoms with E-state index in [1.807, 2.05) is 48.5 Å². The minimum Gasteiger partial charge on any atom is -0.497 e. The zero-order valence-electron chi connectivity index (χ0n) is 11.7. The lowest BCUT2D eigenvalue weighted by Gasteiger charge is -2.05. The van der Waals surface area contributed by atoms with Crippen molar-refractivity contribution in [3.05, 3.63) is 48.5 Å². The molecule has 6 nitrogen and oxygen atoms in total. The van der Waals surface area contributed by atoms with E-state index in [1.54, 1.807) is 7.11 Å². The third-order valence-corrected chi connectivity index (χ3v) is 2.74. The predicted molar refractivity (Wildman–Crippen MR) is 85.5 cm³/mol. The van der Waals surface area contributed by atoms with E-state index in [0.29, 0.717) is 5.69 Å². The summed E-state index contributed by atoms with van der Waals surface area (Å²) in [6.45, 7) is 0. The number of rotatable bonds is 3. The van der Waals surface area contributed by atoms with Gasteiger partial charge in [-0.25, -0.2) is 4.99 Å². The zero-order valence-corrected chi connectivity index (χ0v) is 11.7. The molecule has 0 aliphatic rings. The maximum atomic E-state index is 5.62. The normalized spacial score (nSPS) is 11.0. The van der Waals surface area contributed by atoms with Crippen LogP contribution in [0.1, 0.15) is 0 Å². The third kappa shape index (κ3) is 3.97. The van der Waals surface area contributed by atoms with Crippen LogP contribution in [0, 0.1) is 0 Å². The van der Waals surface area contributed by atoms with Crippen LogP contribution in [0.15, 0.2) is 58.5 Å². The molecule has 0 unspecified atom stereocenters. The highest BCUT2D eigenvalue weighted by molar-refractivity contribution is 5.93. The Balaban J connectivity index is 2.35. The van der Waals surface area contributed by atoms with Gasteiger partial charge in [0.25, 0.3) is 0 Å². The van der Waals surface area contributed by atoms with Crippen molar-refractivity contribution >= 4 is 17.6 Å². The summed E-state index contributed by atoms with van der Waals surface area (Å²) in [5, 5.41) is 0. The number of aliphatic imine (C=N–C) groups is 2. The molecule has 0 amide bonds. The van der Waals surface area contributed by atoms with Gasteiger partial charge >= 0.3 is 0 Å². The molecule has 0 aliphatic heterocycles. The maximum absolute atomic E-state index is 5.62. The van der Waals surface area contributed by atoms with Gasteiger partial charge in [-0.05, 0) is 35.4 Å². The van der Waals surface area contributed by atoms with Gasteiger partial charge in [0.05, 0.1) is 12.8 Å².